The van der Waals surface area contributed by atoms with E-state index < -0.39 is 24.2 Å². The molecule has 0 radical (unpaired) electrons. The predicted octanol–water partition coefficient (Wildman–Crippen LogP) is 1.68. The van der Waals surface area contributed by atoms with E-state index in [0.717, 1.165) is 17.7 Å². The van der Waals surface area contributed by atoms with Crippen LogP contribution in [-0.2, 0) is 27.3 Å². The lowest BCUT2D eigenvalue weighted by Crippen LogP contribution is -2.37. The fourth-order valence-electron chi connectivity index (χ4n) is 2.68. The van der Waals surface area contributed by atoms with Gasteiger partial charge in [0.05, 0.1) is 18.8 Å². The minimum atomic E-state index is -5.08. The van der Waals surface area contributed by atoms with E-state index in [9.17, 15) is 23.1 Å². The number of carbonyl (C=O) groups is 2. The molecule has 11 heteroatoms. The Morgan fingerprint density at radius 1 is 1.33 bits per heavy atom. The van der Waals surface area contributed by atoms with Crippen LogP contribution in [-0.4, -0.2) is 57.3 Å². The lowest BCUT2D eigenvalue weighted by molar-refractivity contribution is -0.192. The van der Waals surface area contributed by atoms with Gasteiger partial charge in [-0.05, 0) is 24.5 Å². The van der Waals surface area contributed by atoms with Crippen molar-refractivity contribution in [1.82, 2.24) is 15.1 Å². The molecule has 1 unspecified atom stereocenters. The zero-order valence-electron chi connectivity index (χ0n) is 16.1. The fraction of sp³-hybridized carbons (Fsp3) is 0.421. The van der Waals surface area contributed by atoms with Crippen molar-refractivity contribution in [2.24, 2.45) is 0 Å². The number of benzene rings is 1. The quantitative estimate of drug-likeness (QED) is 0.667. The first-order valence-electron chi connectivity index (χ1n) is 9.05. The van der Waals surface area contributed by atoms with Gasteiger partial charge in [-0.3, -0.25) is 9.48 Å². The first kappa shape index (κ1) is 23.4. The van der Waals surface area contributed by atoms with Gasteiger partial charge in [0.15, 0.2) is 0 Å². The average Bonchev–Trinajstić information content (AvgIpc) is 3.09. The topological polar surface area (TPSA) is 114 Å². The minimum Gasteiger partial charge on any atom is -0.475 e. The molecule has 8 nitrogen and oxygen atoms in total. The van der Waals surface area contributed by atoms with Crippen molar-refractivity contribution in [3.63, 3.8) is 0 Å². The summed E-state index contributed by atoms with van der Waals surface area (Å²) in [6, 6.07) is 10.1. The molecule has 164 valence electrons. The molecule has 0 fully saturated rings. The third-order valence-corrected chi connectivity index (χ3v) is 4.14. The van der Waals surface area contributed by atoms with Gasteiger partial charge < -0.3 is 20.3 Å². The molecule has 1 aromatic heterocycles. The number of nitrogens with one attached hydrogen (secondary N) is 1. The van der Waals surface area contributed by atoms with Gasteiger partial charge in [0, 0.05) is 12.7 Å². The molecule has 3 N–H and O–H groups in total. The van der Waals surface area contributed by atoms with Crippen LogP contribution in [0.15, 0.2) is 36.5 Å². The summed E-state index contributed by atoms with van der Waals surface area (Å²) in [7, 11) is 0. The summed E-state index contributed by atoms with van der Waals surface area (Å²) < 4.78 is 39.4. The van der Waals surface area contributed by atoms with E-state index in [-0.39, 0.29) is 6.10 Å². The lowest BCUT2D eigenvalue weighted by Gasteiger charge is -2.22. The number of aromatic nitrogens is 2. The van der Waals surface area contributed by atoms with Gasteiger partial charge in [0.1, 0.15) is 12.2 Å². The van der Waals surface area contributed by atoms with Gasteiger partial charge in [0.2, 0.25) is 5.91 Å². The van der Waals surface area contributed by atoms with Gasteiger partial charge >= 0.3 is 12.1 Å². The summed E-state index contributed by atoms with van der Waals surface area (Å²) in [6.45, 7) is 3.08. The average molecular weight is 429 g/mol. The number of halogens is 3. The lowest BCUT2D eigenvalue weighted by atomic mass is 10.1. The van der Waals surface area contributed by atoms with E-state index in [1.807, 2.05) is 29.1 Å². The summed E-state index contributed by atoms with van der Waals surface area (Å²) in [5.41, 5.74) is 3.22. The Kier molecular flexibility index (Phi) is 7.95. The van der Waals surface area contributed by atoms with E-state index in [1.165, 1.54) is 12.5 Å². The number of carboxylic acids is 1. The Balaban J connectivity index is 0.000000396. The Bertz CT molecular complexity index is 853. The zero-order valence-corrected chi connectivity index (χ0v) is 16.1. The highest BCUT2D eigenvalue weighted by molar-refractivity contribution is 5.80. The number of carboxylic acid groups (broad SMARTS) is 1. The van der Waals surface area contributed by atoms with Crippen molar-refractivity contribution in [2.75, 3.05) is 13.2 Å². The number of aliphatic hydroxyl groups excluding tert-OH is 1. The molecule has 0 saturated heterocycles. The number of nitrogens with zero attached hydrogens (tertiary/aromatic N) is 2. The molecule has 0 saturated carbocycles. The predicted molar refractivity (Wildman–Crippen MR) is 98.5 cm³/mol. The van der Waals surface area contributed by atoms with Crippen molar-refractivity contribution in [3.8, 4) is 0 Å². The smallest absolute Gasteiger partial charge is 0.475 e. The molecular formula is C19H22F3N3O5. The summed E-state index contributed by atoms with van der Waals surface area (Å²) in [6.07, 6.45) is -3.49. The SMILES string of the molecule is C[C@@H](O)C(=O)NCC1OCCc2cn(Cc3ccccc3)nc21.O=C(O)C(F)(F)F. The van der Waals surface area contributed by atoms with E-state index in [2.05, 4.69) is 22.5 Å². The number of alkyl halides is 3. The second kappa shape index (κ2) is 10.2. The number of ether oxygens (including phenoxy) is 1. The van der Waals surface area contributed by atoms with Crippen LogP contribution >= 0.6 is 0 Å². The van der Waals surface area contributed by atoms with Crippen molar-refractivity contribution in [1.29, 1.82) is 0 Å². The normalized spacial score (nSPS) is 16.6. The van der Waals surface area contributed by atoms with Crippen LogP contribution in [0.2, 0.25) is 0 Å². The van der Waals surface area contributed by atoms with Crippen molar-refractivity contribution < 1.29 is 37.7 Å². The van der Waals surface area contributed by atoms with Crippen LogP contribution < -0.4 is 5.32 Å². The standard InChI is InChI=1S/C17H21N3O3.C2HF3O2/c1-12(21)17(22)18-9-15-16-14(7-8-23-15)11-20(19-16)10-13-5-3-2-4-6-13;3-2(4,5)1(6)7/h2-6,11-12,15,21H,7-10H2,1H3,(H,18,22);(H,6,7)/t12-,15?;/m1./s1. The first-order chi connectivity index (χ1) is 14.1. The van der Waals surface area contributed by atoms with Crippen molar-refractivity contribution >= 4 is 11.9 Å². The zero-order chi connectivity index (χ0) is 22.3. The number of amides is 1. The van der Waals surface area contributed by atoms with Crippen LogP contribution in [0.3, 0.4) is 0 Å². The Morgan fingerprint density at radius 2 is 1.97 bits per heavy atom. The van der Waals surface area contributed by atoms with Gasteiger partial charge in [-0.25, -0.2) is 4.79 Å². The second-order valence-electron chi connectivity index (χ2n) is 6.56. The summed E-state index contributed by atoms with van der Waals surface area (Å²) in [5.74, 6) is -3.16. The highest BCUT2D eigenvalue weighted by Gasteiger charge is 2.38. The number of carbonyl (C=O) groups excluding carboxylic acids is 1. The Hall–Kier alpha value is -2.92. The van der Waals surface area contributed by atoms with Crippen LogP contribution in [0.25, 0.3) is 0 Å². The van der Waals surface area contributed by atoms with Gasteiger partial charge in [0.25, 0.3) is 0 Å². The molecule has 1 aliphatic heterocycles. The second-order valence-corrected chi connectivity index (χ2v) is 6.56. The molecule has 0 bridgehead atoms. The largest absolute Gasteiger partial charge is 0.490 e. The van der Waals surface area contributed by atoms with E-state index in [4.69, 9.17) is 14.6 Å². The van der Waals surface area contributed by atoms with E-state index in [1.54, 1.807) is 0 Å². The molecule has 30 heavy (non-hydrogen) atoms. The molecule has 1 aliphatic rings. The molecule has 2 atom stereocenters. The maximum Gasteiger partial charge on any atom is 0.490 e. The highest BCUT2D eigenvalue weighted by atomic mass is 19.4. The Morgan fingerprint density at radius 3 is 2.53 bits per heavy atom. The Labute approximate surface area is 170 Å². The van der Waals surface area contributed by atoms with Crippen LogP contribution in [0.1, 0.15) is 29.8 Å². The van der Waals surface area contributed by atoms with Crippen LogP contribution in [0, 0.1) is 0 Å². The third-order valence-electron chi connectivity index (χ3n) is 4.14. The number of aliphatic carboxylic acids is 1. The number of hydrogen-bond acceptors (Lipinski definition) is 5. The monoisotopic (exact) mass is 429 g/mol. The fourth-order valence-corrected chi connectivity index (χ4v) is 2.68. The molecular weight excluding hydrogens is 407 g/mol. The number of hydrogen-bond donors (Lipinski definition) is 3. The molecule has 1 amide bonds. The maximum absolute atomic E-state index is 11.5. The molecule has 1 aromatic carbocycles. The molecule has 2 heterocycles. The molecule has 0 spiro atoms. The number of fused-ring (bicyclic) bond motifs is 1. The number of rotatable bonds is 5. The van der Waals surface area contributed by atoms with Crippen LogP contribution in [0.5, 0.6) is 0 Å². The summed E-state index contributed by atoms with van der Waals surface area (Å²) >= 11 is 0. The first-order valence-corrected chi connectivity index (χ1v) is 9.05. The highest BCUT2D eigenvalue weighted by Crippen LogP contribution is 2.25. The molecule has 0 aliphatic carbocycles. The minimum absolute atomic E-state index is 0.265. The van der Waals surface area contributed by atoms with Gasteiger partial charge in [-0.1, -0.05) is 30.3 Å². The maximum atomic E-state index is 11.5. The van der Waals surface area contributed by atoms with E-state index >= 15 is 0 Å². The van der Waals surface area contributed by atoms with Gasteiger partial charge in [-0.15, -0.1) is 0 Å². The summed E-state index contributed by atoms with van der Waals surface area (Å²) in [5, 5.41) is 23.7. The number of aliphatic hydroxyl groups is 1. The van der Waals surface area contributed by atoms with Crippen molar-refractivity contribution in [3.05, 3.63) is 53.3 Å². The molecule has 2 aromatic rings. The molecule has 3 rings (SSSR count). The van der Waals surface area contributed by atoms with Gasteiger partial charge in [-0.2, -0.15) is 18.3 Å². The van der Waals surface area contributed by atoms with E-state index in [0.29, 0.717) is 19.7 Å². The van der Waals surface area contributed by atoms with Crippen LogP contribution in [0.4, 0.5) is 13.2 Å². The third kappa shape index (κ3) is 6.85. The summed E-state index contributed by atoms with van der Waals surface area (Å²) in [4.78, 5) is 20.4. The van der Waals surface area contributed by atoms with Crippen molar-refractivity contribution in [2.45, 2.75) is 38.3 Å².